The Morgan fingerprint density at radius 3 is 2.67 bits per heavy atom. The van der Waals surface area contributed by atoms with Crippen molar-refractivity contribution in [3.8, 4) is 0 Å². The molecule has 50 valence electrons. The van der Waals surface area contributed by atoms with Gasteiger partial charge in [-0.25, -0.2) is 0 Å². The minimum atomic E-state index is -0.0648. The van der Waals surface area contributed by atoms with Gasteiger partial charge in [0.15, 0.2) is 6.29 Å². The molecule has 0 aromatic heterocycles. The van der Waals surface area contributed by atoms with E-state index in [1.54, 1.807) is 6.92 Å². The maximum Gasteiger partial charge on any atom is 0.582 e. The molecule has 0 saturated heterocycles. The molecule has 1 aliphatic carbocycles. The fraction of sp³-hybridized carbons (Fsp3) is 0.714. The van der Waals surface area contributed by atoms with E-state index in [2.05, 4.69) is 11.3 Å². The Kier molecular flexibility index (Phi) is 1.65. The summed E-state index contributed by atoms with van der Waals surface area (Å²) in [4.78, 5) is 10.8. The smallest absolute Gasteiger partial charge is 0.285 e. The third-order valence-electron chi connectivity index (χ3n) is 1.65. The van der Waals surface area contributed by atoms with Crippen molar-refractivity contribution >= 4 is 12.3 Å². The lowest BCUT2D eigenvalue weighted by Crippen LogP contribution is -2.01. The van der Waals surface area contributed by atoms with Crippen LogP contribution in [0.15, 0.2) is 0 Å². The van der Waals surface area contributed by atoms with E-state index in [9.17, 15) is 4.79 Å². The first kappa shape index (κ1) is 6.46. The molecular formula is C7H11O2+. The van der Waals surface area contributed by atoms with E-state index in [4.69, 9.17) is 0 Å². The fourth-order valence-electron chi connectivity index (χ4n) is 0.854. The minimum Gasteiger partial charge on any atom is -0.285 e. The maximum absolute atomic E-state index is 10.8. The summed E-state index contributed by atoms with van der Waals surface area (Å²) in [5, 5.41) is 0. The SMILES string of the molecule is CC=[O+]C(=O)[C@@H]1CC1C. The second-order valence-corrected chi connectivity index (χ2v) is 2.49. The summed E-state index contributed by atoms with van der Waals surface area (Å²) >= 11 is 0. The van der Waals surface area contributed by atoms with Crippen molar-refractivity contribution in [2.45, 2.75) is 20.3 Å². The van der Waals surface area contributed by atoms with E-state index < -0.39 is 0 Å². The molecule has 1 unspecified atom stereocenters. The first-order chi connectivity index (χ1) is 4.25. The third kappa shape index (κ3) is 1.37. The molecule has 2 nitrogen and oxygen atoms in total. The molecule has 2 atom stereocenters. The van der Waals surface area contributed by atoms with Crippen molar-refractivity contribution in [1.82, 2.24) is 0 Å². The van der Waals surface area contributed by atoms with Gasteiger partial charge >= 0.3 is 5.97 Å². The Hall–Kier alpha value is -0.660. The van der Waals surface area contributed by atoms with Gasteiger partial charge in [-0.1, -0.05) is 6.92 Å². The van der Waals surface area contributed by atoms with Crippen LogP contribution in [0.2, 0.25) is 0 Å². The Morgan fingerprint density at radius 1 is 1.78 bits per heavy atom. The first-order valence-corrected chi connectivity index (χ1v) is 3.24. The summed E-state index contributed by atoms with van der Waals surface area (Å²) in [6.45, 7) is 3.77. The topological polar surface area (TPSA) is 28.4 Å². The Balaban J connectivity index is 2.36. The summed E-state index contributed by atoms with van der Waals surface area (Å²) in [7, 11) is 0. The van der Waals surface area contributed by atoms with E-state index in [-0.39, 0.29) is 11.9 Å². The highest BCUT2D eigenvalue weighted by Crippen LogP contribution is 2.37. The molecule has 1 rings (SSSR count). The van der Waals surface area contributed by atoms with Gasteiger partial charge in [0.1, 0.15) is 5.92 Å². The monoisotopic (exact) mass is 127 g/mol. The molecular weight excluding hydrogens is 116 g/mol. The van der Waals surface area contributed by atoms with Crippen LogP contribution in [0.1, 0.15) is 20.3 Å². The van der Waals surface area contributed by atoms with Crippen molar-refractivity contribution in [1.29, 1.82) is 0 Å². The van der Waals surface area contributed by atoms with Crippen LogP contribution in [0, 0.1) is 11.8 Å². The average molecular weight is 127 g/mol. The quantitative estimate of drug-likeness (QED) is 0.380. The van der Waals surface area contributed by atoms with Crippen molar-refractivity contribution < 1.29 is 9.22 Å². The van der Waals surface area contributed by atoms with E-state index in [1.807, 2.05) is 0 Å². The molecule has 0 aromatic carbocycles. The summed E-state index contributed by atoms with van der Waals surface area (Å²) in [6.07, 6.45) is 2.44. The lowest BCUT2D eigenvalue weighted by atomic mass is 10.3. The molecule has 0 aliphatic heterocycles. The molecule has 1 fully saturated rings. The molecule has 0 aromatic rings. The highest BCUT2D eigenvalue weighted by molar-refractivity contribution is 5.74. The van der Waals surface area contributed by atoms with E-state index in [0.717, 1.165) is 6.42 Å². The summed E-state index contributed by atoms with van der Waals surface area (Å²) in [6, 6.07) is 0. The zero-order valence-corrected chi connectivity index (χ0v) is 5.76. The van der Waals surface area contributed by atoms with Crippen molar-refractivity contribution in [2.75, 3.05) is 0 Å². The predicted molar refractivity (Wildman–Crippen MR) is 34.0 cm³/mol. The van der Waals surface area contributed by atoms with Gasteiger partial charge in [-0.2, -0.15) is 0 Å². The fourth-order valence-corrected chi connectivity index (χ4v) is 0.854. The third-order valence-corrected chi connectivity index (χ3v) is 1.65. The van der Waals surface area contributed by atoms with Crippen LogP contribution in [0.25, 0.3) is 0 Å². The van der Waals surface area contributed by atoms with Crippen LogP contribution in [-0.4, -0.2) is 12.3 Å². The van der Waals surface area contributed by atoms with Crippen molar-refractivity contribution in [3.05, 3.63) is 0 Å². The zero-order valence-electron chi connectivity index (χ0n) is 5.76. The van der Waals surface area contributed by atoms with Gasteiger partial charge in [-0.05, 0) is 12.3 Å². The molecule has 0 amide bonds. The van der Waals surface area contributed by atoms with E-state index in [1.165, 1.54) is 6.29 Å². The second-order valence-electron chi connectivity index (χ2n) is 2.49. The molecule has 0 spiro atoms. The van der Waals surface area contributed by atoms with Crippen LogP contribution in [0.3, 0.4) is 0 Å². The van der Waals surface area contributed by atoms with Gasteiger partial charge in [0.2, 0.25) is 0 Å². The van der Waals surface area contributed by atoms with Gasteiger partial charge in [-0.3, -0.25) is 4.42 Å². The molecule has 9 heavy (non-hydrogen) atoms. The van der Waals surface area contributed by atoms with E-state index in [0.29, 0.717) is 5.92 Å². The van der Waals surface area contributed by atoms with E-state index >= 15 is 0 Å². The average Bonchev–Trinajstić information content (AvgIpc) is 2.47. The zero-order chi connectivity index (χ0) is 6.85. The number of carbonyl (C=O) groups is 1. The standard InChI is InChI=1S/C7H11O2/c1-3-9-7(8)6-4-5(6)2/h3,5-6H,4H2,1-2H3/q+1/t5?,6-/m1/s1. The van der Waals surface area contributed by atoms with Crippen LogP contribution >= 0.6 is 0 Å². The molecule has 1 saturated carbocycles. The summed E-state index contributed by atoms with van der Waals surface area (Å²) in [5.74, 6) is 0.684. The number of hydrogen-bond donors (Lipinski definition) is 0. The first-order valence-electron chi connectivity index (χ1n) is 3.24. The Bertz CT molecular complexity index is 149. The van der Waals surface area contributed by atoms with Gasteiger partial charge in [0, 0.05) is 11.7 Å². The van der Waals surface area contributed by atoms with Crippen molar-refractivity contribution in [3.63, 3.8) is 0 Å². The van der Waals surface area contributed by atoms with Crippen LogP contribution < -0.4 is 0 Å². The molecule has 0 radical (unpaired) electrons. The second kappa shape index (κ2) is 2.29. The van der Waals surface area contributed by atoms with Crippen molar-refractivity contribution in [2.24, 2.45) is 11.8 Å². The lowest BCUT2D eigenvalue weighted by Gasteiger charge is -1.72. The Morgan fingerprint density at radius 2 is 2.33 bits per heavy atom. The highest BCUT2D eigenvalue weighted by atomic mass is 16.4. The largest absolute Gasteiger partial charge is 0.582 e. The minimum absolute atomic E-state index is 0.0648. The maximum atomic E-state index is 10.8. The number of aldehydes is 1. The van der Waals surface area contributed by atoms with Gasteiger partial charge in [0.05, 0.1) is 0 Å². The number of rotatable bonds is 1. The molecule has 2 heteroatoms. The molecule has 0 heterocycles. The molecule has 1 aliphatic rings. The predicted octanol–water partition coefficient (Wildman–Crippen LogP) is 0.923. The summed E-state index contributed by atoms with van der Waals surface area (Å²) in [5.41, 5.74) is 0. The van der Waals surface area contributed by atoms with Gasteiger partial charge < -0.3 is 0 Å². The van der Waals surface area contributed by atoms with Gasteiger partial charge in [0.25, 0.3) is 0 Å². The normalized spacial score (nSPS) is 33.1. The summed E-state index contributed by atoms with van der Waals surface area (Å²) < 4.78 is 4.67. The Labute approximate surface area is 54.6 Å². The highest BCUT2D eigenvalue weighted by Gasteiger charge is 2.47. The van der Waals surface area contributed by atoms with Crippen LogP contribution in [0.5, 0.6) is 0 Å². The molecule has 0 N–H and O–H groups in total. The van der Waals surface area contributed by atoms with Gasteiger partial charge in [-0.15, -0.1) is 0 Å². The number of carbonyl (C=O) groups excluding carboxylic acids is 2. The molecule has 0 bridgehead atoms. The van der Waals surface area contributed by atoms with Crippen LogP contribution in [0.4, 0.5) is 0 Å². The lowest BCUT2D eigenvalue weighted by molar-refractivity contribution is -0.375. The number of hydrogen-bond acceptors (Lipinski definition) is 1. The van der Waals surface area contributed by atoms with Crippen LogP contribution in [-0.2, 0) is 9.22 Å².